The normalized spacial score (nSPS) is 21.1. The van der Waals surface area contributed by atoms with Gasteiger partial charge in [0.2, 0.25) is 11.7 Å². The van der Waals surface area contributed by atoms with Crippen LogP contribution in [0.15, 0.2) is 28.8 Å². The zero-order valence-electron chi connectivity index (χ0n) is 17.2. The lowest BCUT2D eigenvalue weighted by Gasteiger charge is -2.36. The minimum absolute atomic E-state index is 0.0901. The van der Waals surface area contributed by atoms with Crippen molar-refractivity contribution in [1.29, 1.82) is 0 Å². The van der Waals surface area contributed by atoms with Crippen LogP contribution in [0.5, 0.6) is 0 Å². The molecule has 1 saturated heterocycles. The van der Waals surface area contributed by atoms with Gasteiger partial charge in [0, 0.05) is 18.7 Å². The van der Waals surface area contributed by atoms with E-state index in [-0.39, 0.29) is 11.9 Å². The zero-order valence-corrected chi connectivity index (χ0v) is 17.2. The summed E-state index contributed by atoms with van der Waals surface area (Å²) >= 11 is 0. The Kier molecular flexibility index (Phi) is 6.43. The van der Waals surface area contributed by atoms with E-state index < -0.39 is 11.7 Å². The Morgan fingerprint density at radius 1 is 1.07 bits per heavy atom. The maximum Gasteiger partial charge on any atom is 0.416 e. The molecule has 164 valence electrons. The van der Waals surface area contributed by atoms with Gasteiger partial charge in [-0.1, -0.05) is 36.6 Å². The molecule has 0 N–H and O–H groups in total. The average Bonchev–Trinajstić information content (AvgIpc) is 3.24. The van der Waals surface area contributed by atoms with Crippen LogP contribution < -0.4 is 0 Å². The maximum atomic E-state index is 13.0. The number of rotatable bonds is 5. The molecule has 2 heterocycles. The smallest absolute Gasteiger partial charge is 0.375 e. The number of halogens is 3. The van der Waals surface area contributed by atoms with Gasteiger partial charge in [0.15, 0.2) is 0 Å². The third-order valence-corrected chi connectivity index (χ3v) is 6.21. The number of piperidine rings is 1. The first-order valence-corrected chi connectivity index (χ1v) is 10.8. The van der Waals surface area contributed by atoms with Gasteiger partial charge in [0.25, 0.3) is 0 Å². The first kappa shape index (κ1) is 21.3. The van der Waals surface area contributed by atoms with E-state index in [1.807, 2.05) is 6.92 Å². The van der Waals surface area contributed by atoms with E-state index in [2.05, 4.69) is 15.0 Å². The van der Waals surface area contributed by atoms with Crippen molar-refractivity contribution in [1.82, 2.24) is 15.0 Å². The summed E-state index contributed by atoms with van der Waals surface area (Å²) in [5.41, 5.74) is -0.425. The van der Waals surface area contributed by atoms with Gasteiger partial charge in [-0.15, -0.1) is 0 Å². The van der Waals surface area contributed by atoms with E-state index in [1.54, 1.807) is 6.07 Å². The van der Waals surface area contributed by atoms with Crippen LogP contribution in [0.4, 0.5) is 13.2 Å². The largest absolute Gasteiger partial charge is 0.416 e. The van der Waals surface area contributed by atoms with Crippen LogP contribution in [0.25, 0.3) is 11.4 Å². The fourth-order valence-electron chi connectivity index (χ4n) is 4.39. The molecular formula is C22H28F3N3O2. The molecule has 0 radical (unpaired) electrons. The van der Waals surface area contributed by atoms with Gasteiger partial charge in [0.05, 0.1) is 23.8 Å². The lowest BCUT2D eigenvalue weighted by Crippen LogP contribution is -2.40. The number of benzene rings is 1. The summed E-state index contributed by atoms with van der Waals surface area (Å²) in [4.78, 5) is 6.64. The Hall–Kier alpha value is -1.93. The van der Waals surface area contributed by atoms with E-state index in [9.17, 15) is 13.2 Å². The van der Waals surface area contributed by atoms with E-state index in [0.29, 0.717) is 23.7 Å². The molecule has 2 fully saturated rings. The van der Waals surface area contributed by atoms with Gasteiger partial charge in [-0.2, -0.15) is 18.2 Å². The molecule has 2 aliphatic rings. The molecule has 1 aromatic carbocycles. The zero-order chi connectivity index (χ0) is 21.1. The van der Waals surface area contributed by atoms with Gasteiger partial charge < -0.3 is 9.26 Å². The first-order valence-electron chi connectivity index (χ1n) is 10.8. The molecule has 1 unspecified atom stereocenters. The molecule has 8 heteroatoms. The minimum atomic E-state index is -4.40. The Labute approximate surface area is 174 Å². The maximum absolute atomic E-state index is 13.0. The Bertz CT molecular complexity index is 825. The quantitative estimate of drug-likeness (QED) is 0.624. The Morgan fingerprint density at radius 3 is 2.47 bits per heavy atom. The molecule has 1 aliphatic heterocycles. The van der Waals surface area contributed by atoms with Crippen molar-refractivity contribution in [3.63, 3.8) is 0 Å². The van der Waals surface area contributed by atoms with E-state index >= 15 is 0 Å². The predicted octanol–water partition coefficient (Wildman–Crippen LogP) is 5.63. The van der Waals surface area contributed by atoms with Crippen LogP contribution in [0.1, 0.15) is 69.4 Å². The topological polar surface area (TPSA) is 51.4 Å². The van der Waals surface area contributed by atoms with Crippen molar-refractivity contribution in [2.24, 2.45) is 0 Å². The summed E-state index contributed by atoms with van der Waals surface area (Å²) in [6.45, 7) is 3.74. The molecule has 0 spiro atoms. The van der Waals surface area contributed by atoms with E-state index in [1.165, 1.54) is 38.2 Å². The summed E-state index contributed by atoms with van der Waals surface area (Å²) in [5.74, 6) is 0.604. The molecule has 1 saturated carbocycles. The number of alkyl halides is 3. The van der Waals surface area contributed by atoms with Crippen molar-refractivity contribution in [2.75, 3.05) is 13.1 Å². The number of nitrogens with zero attached hydrogens (tertiary/aromatic N) is 3. The van der Waals surface area contributed by atoms with Crippen molar-refractivity contribution in [3.8, 4) is 11.4 Å². The first-order chi connectivity index (χ1) is 14.4. The van der Waals surface area contributed by atoms with Crippen molar-refractivity contribution in [2.45, 2.75) is 76.3 Å². The summed E-state index contributed by atoms with van der Waals surface area (Å²) < 4.78 is 50.6. The highest BCUT2D eigenvalue weighted by atomic mass is 19.4. The lowest BCUT2D eigenvalue weighted by molar-refractivity contribution is -0.137. The molecule has 2 aromatic rings. The van der Waals surface area contributed by atoms with Crippen molar-refractivity contribution < 1.29 is 22.4 Å². The molecule has 1 aromatic heterocycles. The predicted molar refractivity (Wildman–Crippen MR) is 106 cm³/mol. The average molecular weight is 423 g/mol. The highest BCUT2D eigenvalue weighted by Gasteiger charge is 2.32. The van der Waals surface area contributed by atoms with Crippen LogP contribution >= 0.6 is 0 Å². The van der Waals surface area contributed by atoms with Crippen molar-refractivity contribution in [3.05, 3.63) is 35.7 Å². The van der Waals surface area contributed by atoms with Crippen molar-refractivity contribution >= 4 is 0 Å². The van der Waals surface area contributed by atoms with E-state index in [0.717, 1.165) is 38.1 Å². The second kappa shape index (κ2) is 9.06. The highest BCUT2D eigenvalue weighted by Crippen LogP contribution is 2.32. The minimum Gasteiger partial charge on any atom is -0.375 e. The Morgan fingerprint density at radius 2 is 1.77 bits per heavy atom. The third kappa shape index (κ3) is 5.03. The molecule has 4 rings (SSSR count). The number of hydrogen-bond donors (Lipinski definition) is 0. The van der Waals surface area contributed by atoms with Crippen LogP contribution in [-0.2, 0) is 10.9 Å². The molecular weight excluding hydrogens is 395 g/mol. The summed E-state index contributed by atoms with van der Waals surface area (Å²) in [5, 5.41) is 3.91. The van der Waals surface area contributed by atoms with E-state index in [4.69, 9.17) is 9.26 Å². The molecule has 5 nitrogen and oxygen atoms in total. The number of hydrogen-bond acceptors (Lipinski definition) is 5. The van der Waals surface area contributed by atoms with Gasteiger partial charge in [0.1, 0.15) is 0 Å². The second-order valence-electron chi connectivity index (χ2n) is 8.34. The van der Waals surface area contributed by atoms with Crippen LogP contribution in [-0.4, -0.2) is 40.3 Å². The number of likely N-dealkylation sites (tertiary alicyclic amines) is 1. The fourth-order valence-corrected chi connectivity index (χ4v) is 4.39. The SMILES string of the molecule is CC(c1nc(-c2cccc(C(F)(F)F)c2)no1)N1CCC(OC2CCCCC2)CC1. The summed E-state index contributed by atoms with van der Waals surface area (Å²) in [6, 6.07) is 4.91. The van der Waals surface area contributed by atoms with Gasteiger partial charge in [-0.05, 0) is 44.7 Å². The fraction of sp³-hybridized carbons (Fsp3) is 0.636. The number of aromatic nitrogens is 2. The van der Waals surface area contributed by atoms with Gasteiger partial charge in [-0.25, -0.2) is 0 Å². The third-order valence-electron chi connectivity index (χ3n) is 6.21. The van der Waals surface area contributed by atoms with Gasteiger partial charge in [-0.3, -0.25) is 4.90 Å². The lowest BCUT2D eigenvalue weighted by atomic mass is 9.97. The number of ether oxygens (including phenoxy) is 1. The van der Waals surface area contributed by atoms with Crippen LogP contribution in [0.3, 0.4) is 0 Å². The standard InChI is InChI=1S/C22H28F3N3O2/c1-15(28-12-10-19(11-13-28)29-18-8-3-2-4-9-18)21-26-20(27-30-21)16-6-5-7-17(14-16)22(23,24)25/h5-7,14-15,18-19H,2-4,8-13H2,1H3. The summed E-state index contributed by atoms with van der Waals surface area (Å²) in [7, 11) is 0. The highest BCUT2D eigenvalue weighted by molar-refractivity contribution is 5.55. The monoisotopic (exact) mass is 423 g/mol. The molecule has 0 bridgehead atoms. The molecule has 1 aliphatic carbocycles. The summed E-state index contributed by atoms with van der Waals surface area (Å²) in [6.07, 6.45) is 4.47. The molecule has 1 atom stereocenters. The molecule has 30 heavy (non-hydrogen) atoms. The van der Waals surface area contributed by atoms with Gasteiger partial charge >= 0.3 is 6.18 Å². The van der Waals surface area contributed by atoms with Crippen LogP contribution in [0.2, 0.25) is 0 Å². The second-order valence-corrected chi connectivity index (χ2v) is 8.34. The molecule has 0 amide bonds. The van der Waals surface area contributed by atoms with Crippen LogP contribution in [0, 0.1) is 0 Å². The Balaban J connectivity index is 1.35.